The first-order valence-corrected chi connectivity index (χ1v) is 8.00. The Labute approximate surface area is 118 Å². The van der Waals surface area contributed by atoms with Gasteiger partial charge in [0.2, 0.25) is 0 Å². The molecule has 2 fully saturated rings. The van der Waals surface area contributed by atoms with Crippen molar-refractivity contribution >= 4 is 22.0 Å². The smallest absolute Gasteiger partial charge is 0.410 e. The standard InChI is InChI=1S/C14H24BrNO2/c1-13(2,3)18-12(17)16-8-11-5-4-6-14(7-11,9-15)10-16/h11H,4-10H2,1-3H3. The van der Waals surface area contributed by atoms with Crippen molar-refractivity contribution in [3.63, 3.8) is 0 Å². The minimum absolute atomic E-state index is 0.139. The van der Waals surface area contributed by atoms with Crippen LogP contribution in [0.2, 0.25) is 0 Å². The Hall–Kier alpha value is -0.250. The second-order valence-electron chi connectivity index (χ2n) is 6.96. The van der Waals surface area contributed by atoms with Gasteiger partial charge in [-0.15, -0.1) is 0 Å². The van der Waals surface area contributed by atoms with Gasteiger partial charge in [-0.1, -0.05) is 22.4 Å². The van der Waals surface area contributed by atoms with Gasteiger partial charge in [0.25, 0.3) is 0 Å². The number of hydrogen-bond donors (Lipinski definition) is 0. The monoisotopic (exact) mass is 317 g/mol. The zero-order chi connectivity index (χ0) is 13.4. The minimum atomic E-state index is -0.398. The Balaban J connectivity index is 2.04. The molecular formula is C14H24BrNO2. The van der Waals surface area contributed by atoms with E-state index < -0.39 is 5.60 Å². The molecule has 0 spiro atoms. The van der Waals surface area contributed by atoms with Crippen molar-refractivity contribution in [2.45, 2.75) is 52.1 Å². The number of carbonyl (C=O) groups excluding carboxylic acids is 1. The number of hydrogen-bond acceptors (Lipinski definition) is 2. The number of piperidine rings is 1. The summed E-state index contributed by atoms with van der Waals surface area (Å²) in [5.74, 6) is 0.664. The molecule has 2 aliphatic rings. The molecule has 0 aromatic rings. The fourth-order valence-electron chi connectivity index (χ4n) is 3.29. The van der Waals surface area contributed by atoms with E-state index in [2.05, 4.69) is 15.9 Å². The topological polar surface area (TPSA) is 29.5 Å². The van der Waals surface area contributed by atoms with Crippen LogP contribution in [0.4, 0.5) is 4.79 Å². The summed E-state index contributed by atoms with van der Waals surface area (Å²) in [6.07, 6.45) is 4.91. The van der Waals surface area contributed by atoms with Crippen molar-refractivity contribution in [2.24, 2.45) is 11.3 Å². The van der Waals surface area contributed by atoms with Crippen LogP contribution in [0.15, 0.2) is 0 Å². The van der Waals surface area contributed by atoms with Crippen LogP contribution in [0.3, 0.4) is 0 Å². The summed E-state index contributed by atoms with van der Waals surface area (Å²) in [6, 6.07) is 0. The fourth-order valence-corrected chi connectivity index (χ4v) is 3.98. The Bertz CT molecular complexity index is 326. The van der Waals surface area contributed by atoms with Crippen LogP contribution in [0.1, 0.15) is 46.5 Å². The Morgan fingerprint density at radius 2 is 2.22 bits per heavy atom. The minimum Gasteiger partial charge on any atom is -0.444 e. The lowest BCUT2D eigenvalue weighted by atomic mass is 9.68. The maximum absolute atomic E-state index is 12.2. The highest BCUT2D eigenvalue weighted by atomic mass is 79.9. The Kier molecular flexibility index (Phi) is 3.96. The molecule has 1 saturated heterocycles. The molecule has 1 heterocycles. The third-order valence-corrected chi connectivity index (χ3v) is 5.17. The molecule has 104 valence electrons. The number of amides is 1. The summed E-state index contributed by atoms with van der Waals surface area (Å²) in [4.78, 5) is 14.1. The second kappa shape index (κ2) is 5.03. The van der Waals surface area contributed by atoms with Crippen molar-refractivity contribution < 1.29 is 9.53 Å². The summed E-state index contributed by atoms with van der Waals surface area (Å²) in [5, 5.41) is 0.996. The average Bonchev–Trinajstić information content (AvgIpc) is 2.26. The summed E-state index contributed by atoms with van der Waals surface area (Å²) < 4.78 is 5.50. The third-order valence-electron chi connectivity index (χ3n) is 3.98. The van der Waals surface area contributed by atoms with Crippen molar-refractivity contribution in [3.05, 3.63) is 0 Å². The van der Waals surface area contributed by atoms with E-state index in [1.54, 1.807) is 0 Å². The summed E-state index contributed by atoms with van der Waals surface area (Å²) in [5.41, 5.74) is -0.108. The van der Waals surface area contributed by atoms with Crippen LogP contribution in [0.25, 0.3) is 0 Å². The van der Waals surface area contributed by atoms with Gasteiger partial charge in [0.15, 0.2) is 0 Å². The Morgan fingerprint density at radius 3 is 2.83 bits per heavy atom. The van der Waals surface area contributed by atoms with E-state index >= 15 is 0 Å². The molecule has 0 N–H and O–H groups in total. The summed E-state index contributed by atoms with van der Waals surface area (Å²) in [7, 11) is 0. The van der Waals surface area contributed by atoms with E-state index in [1.807, 2.05) is 25.7 Å². The summed E-state index contributed by atoms with van der Waals surface area (Å²) in [6.45, 7) is 7.51. The van der Waals surface area contributed by atoms with Gasteiger partial charge in [-0.25, -0.2) is 4.79 Å². The van der Waals surface area contributed by atoms with E-state index in [9.17, 15) is 4.79 Å². The quantitative estimate of drug-likeness (QED) is 0.688. The van der Waals surface area contributed by atoms with Gasteiger partial charge in [-0.05, 0) is 51.4 Å². The zero-order valence-corrected chi connectivity index (χ0v) is 13.3. The zero-order valence-electron chi connectivity index (χ0n) is 11.7. The maximum Gasteiger partial charge on any atom is 0.410 e. The third kappa shape index (κ3) is 3.19. The number of alkyl halides is 1. The van der Waals surface area contributed by atoms with Gasteiger partial charge in [-0.2, -0.15) is 0 Å². The van der Waals surface area contributed by atoms with E-state index in [0.717, 1.165) is 18.4 Å². The number of ether oxygens (including phenoxy) is 1. The summed E-state index contributed by atoms with van der Waals surface area (Å²) >= 11 is 3.65. The SMILES string of the molecule is CC(C)(C)OC(=O)N1CC2CCCC(CBr)(C2)C1. The molecule has 2 rings (SSSR count). The van der Waals surface area contributed by atoms with Crippen LogP contribution in [0, 0.1) is 11.3 Å². The van der Waals surface area contributed by atoms with E-state index in [1.165, 1.54) is 25.7 Å². The van der Waals surface area contributed by atoms with Crippen molar-refractivity contribution in [1.29, 1.82) is 0 Å². The maximum atomic E-state index is 12.2. The highest BCUT2D eigenvalue weighted by Crippen LogP contribution is 2.45. The number of nitrogens with zero attached hydrogens (tertiary/aromatic N) is 1. The Morgan fingerprint density at radius 1 is 1.50 bits per heavy atom. The molecule has 3 nitrogen and oxygen atoms in total. The van der Waals surface area contributed by atoms with Crippen molar-refractivity contribution in [1.82, 2.24) is 4.90 Å². The number of halogens is 1. The van der Waals surface area contributed by atoms with Crippen LogP contribution in [-0.4, -0.2) is 35.0 Å². The highest BCUT2D eigenvalue weighted by Gasteiger charge is 2.43. The van der Waals surface area contributed by atoms with Gasteiger partial charge in [0.05, 0.1) is 0 Å². The molecule has 2 unspecified atom stereocenters. The fraction of sp³-hybridized carbons (Fsp3) is 0.929. The number of fused-ring (bicyclic) bond motifs is 2. The molecular weight excluding hydrogens is 294 g/mol. The molecule has 1 saturated carbocycles. The molecule has 4 heteroatoms. The van der Waals surface area contributed by atoms with Crippen LogP contribution >= 0.6 is 15.9 Å². The second-order valence-corrected chi connectivity index (χ2v) is 7.52. The first-order chi connectivity index (χ1) is 8.34. The van der Waals surface area contributed by atoms with E-state index in [-0.39, 0.29) is 11.5 Å². The molecule has 2 atom stereocenters. The first kappa shape index (κ1) is 14.2. The molecule has 0 aromatic heterocycles. The van der Waals surface area contributed by atoms with Gasteiger partial charge in [-0.3, -0.25) is 0 Å². The molecule has 1 aliphatic carbocycles. The molecule has 0 aromatic carbocycles. The van der Waals surface area contributed by atoms with Crippen LogP contribution < -0.4 is 0 Å². The van der Waals surface area contributed by atoms with E-state index in [4.69, 9.17) is 4.74 Å². The predicted molar refractivity (Wildman–Crippen MR) is 76.0 cm³/mol. The van der Waals surface area contributed by atoms with Gasteiger partial charge < -0.3 is 9.64 Å². The number of likely N-dealkylation sites (tertiary alicyclic amines) is 1. The first-order valence-electron chi connectivity index (χ1n) is 6.87. The lowest BCUT2D eigenvalue weighted by Gasteiger charge is -2.49. The largest absolute Gasteiger partial charge is 0.444 e. The lowest BCUT2D eigenvalue weighted by Crippen LogP contribution is -2.53. The number of carbonyl (C=O) groups is 1. The van der Waals surface area contributed by atoms with Gasteiger partial charge in [0, 0.05) is 18.4 Å². The predicted octanol–water partition coefficient (Wildman–Crippen LogP) is 3.81. The van der Waals surface area contributed by atoms with E-state index in [0.29, 0.717) is 5.92 Å². The molecule has 1 aliphatic heterocycles. The average molecular weight is 318 g/mol. The van der Waals surface area contributed by atoms with Crippen LogP contribution in [0.5, 0.6) is 0 Å². The molecule has 2 bridgehead atoms. The highest BCUT2D eigenvalue weighted by molar-refractivity contribution is 9.09. The van der Waals surface area contributed by atoms with Crippen molar-refractivity contribution in [2.75, 3.05) is 18.4 Å². The molecule has 1 amide bonds. The lowest BCUT2D eigenvalue weighted by molar-refractivity contribution is -0.0156. The molecule has 0 radical (unpaired) electrons. The van der Waals surface area contributed by atoms with Gasteiger partial charge >= 0.3 is 6.09 Å². The normalized spacial score (nSPS) is 32.2. The van der Waals surface area contributed by atoms with Crippen LogP contribution in [-0.2, 0) is 4.74 Å². The van der Waals surface area contributed by atoms with Gasteiger partial charge in [0.1, 0.15) is 5.60 Å². The molecule has 18 heavy (non-hydrogen) atoms. The number of rotatable bonds is 1. The van der Waals surface area contributed by atoms with Crippen molar-refractivity contribution in [3.8, 4) is 0 Å².